The Morgan fingerprint density at radius 1 is 1.33 bits per heavy atom. The fourth-order valence-electron chi connectivity index (χ4n) is 3.95. The van der Waals surface area contributed by atoms with Crippen molar-refractivity contribution in [1.82, 2.24) is 20.5 Å². The van der Waals surface area contributed by atoms with Crippen LogP contribution in [-0.2, 0) is 6.42 Å². The van der Waals surface area contributed by atoms with Gasteiger partial charge in [0.1, 0.15) is 0 Å². The average molecular weight is 483 g/mol. The predicted octanol–water partition coefficient (Wildman–Crippen LogP) is 3.53. The summed E-state index contributed by atoms with van der Waals surface area (Å²) in [4.78, 5) is 10.6. The summed E-state index contributed by atoms with van der Waals surface area (Å²) in [6, 6.07) is 6.43. The van der Waals surface area contributed by atoms with E-state index in [9.17, 15) is 0 Å². The number of fused-ring (bicyclic) bond motifs is 1. The number of piperidine rings is 1. The molecule has 0 amide bonds. The van der Waals surface area contributed by atoms with Crippen LogP contribution in [-0.4, -0.2) is 55.6 Å². The Morgan fingerprint density at radius 3 is 2.96 bits per heavy atom. The van der Waals surface area contributed by atoms with Gasteiger partial charge in [0.2, 0.25) is 0 Å². The lowest BCUT2D eigenvalue weighted by Crippen LogP contribution is -2.39. The molecule has 150 valence electrons. The van der Waals surface area contributed by atoms with Crippen LogP contribution < -0.4 is 10.6 Å². The van der Waals surface area contributed by atoms with E-state index < -0.39 is 0 Å². The first-order chi connectivity index (χ1) is 12.7. The quantitative estimate of drug-likeness (QED) is 0.335. The zero-order valence-electron chi connectivity index (χ0n) is 16.8. The monoisotopic (exact) mass is 483 g/mol. The molecule has 2 heterocycles. The van der Waals surface area contributed by atoms with Crippen LogP contribution in [0.25, 0.3) is 10.9 Å². The van der Waals surface area contributed by atoms with Gasteiger partial charge >= 0.3 is 0 Å². The standard InChI is InChI=1S/C21H33N5.HI/c1-4-22-21(25-13-17-8-6-12-26(3)15-17)23-11-10-18-14-24-19-9-5-7-16(2)20(18)19;/h5,7,9,14,17,24H,4,6,8,10-13,15H2,1-3H3,(H2,22,23,25);1H. The van der Waals surface area contributed by atoms with Crippen molar-refractivity contribution in [3.05, 3.63) is 35.5 Å². The molecule has 1 saturated heterocycles. The van der Waals surface area contributed by atoms with Gasteiger partial charge in [0.25, 0.3) is 0 Å². The van der Waals surface area contributed by atoms with Crippen LogP contribution in [0.4, 0.5) is 0 Å². The molecular weight excluding hydrogens is 449 g/mol. The number of likely N-dealkylation sites (tertiary alicyclic amines) is 1. The second kappa shape index (κ2) is 10.9. The molecule has 5 nitrogen and oxygen atoms in total. The van der Waals surface area contributed by atoms with Gasteiger partial charge in [-0.3, -0.25) is 4.99 Å². The molecular formula is C21H34IN5. The van der Waals surface area contributed by atoms with Crippen molar-refractivity contribution >= 4 is 40.8 Å². The van der Waals surface area contributed by atoms with Crippen LogP contribution in [0, 0.1) is 12.8 Å². The summed E-state index contributed by atoms with van der Waals surface area (Å²) < 4.78 is 0. The number of guanidine groups is 1. The molecule has 2 aromatic rings. The minimum absolute atomic E-state index is 0. The van der Waals surface area contributed by atoms with E-state index in [0.29, 0.717) is 5.92 Å². The van der Waals surface area contributed by atoms with E-state index in [1.807, 2.05) is 0 Å². The first-order valence-electron chi connectivity index (χ1n) is 9.93. The maximum atomic E-state index is 4.83. The van der Waals surface area contributed by atoms with Crippen LogP contribution in [0.2, 0.25) is 0 Å². The van der Waals surface area contributed by atoms with E-state index in [4.69, 9.17) is 4.99 Å². The number of H-pyrrole nitrogens is 1. The van der Waals surface area contributed by atoms with E-state index in [1.54, 1.807) is 0 Å². The predicted molar refractivity (Wildman–Crippen MR) is 126 cm³/mol. The summed E-state index contributed by atoms with van der Waals surface area (Å²) in [5.41, 5.74) is 3.93. The number of hydrogen-bond donors (Lipinski definition) is 3. The molecule has 3 rings (SSSR count). The first-order valence-corrected chi connectivity index (χ1v) is 9.93. The summed E-state index contributed by atoms with van der Waals surface area (Å²) in [6.07, 6.45) is 5.71. The topological polar surface area (TPSA) is 55.5 Å². The molecule has 1 aliphatic heterocycles. The molecule has 0 radical (unpaired) electrons. The molecule has 3 N–H and O–H groups in total. The van der Waals surface area contributed by atoms with Gasteiger partial charge in [-0.1, -0.05) is 12.1 Å². The highest BCUT2D eigenvalue weighted by molar-refractivity contribution is 14.0. The second-order valence-corrected chi connectivity index (χ2v) is 7.48. The Labute approximate surface area is 180 Å². The number of nitrogens with zero attached hydrogens (tertiary/aromatic N) is 2. The third-order valence-corrected chi connectivity index (χ3v) is 5.26. The van der Waals surface area contributed by atoms with Gasteiger partial charge in [-0.25, -0.2) is 0 Å². The minimum Gasteiger partial charge on any atom is -0.361 e. The normalized spacial score (nSPS) is 18.3. The molecule has 1 aromatic heterocycles. The van der Waals surface area contributed by atoms with Crippen LogP contribution in [0.15, 0.2) is 29.4 Å². The number of aromatic amines is 1. The molecule has 1 unspecified atom stereocenters. The smallest absolute Gasteiger partial charge is 0.191 e. The van der Waals surface area contributed by atoms with Crippen LogP contribution >= 0.6 is 24.0 Å². The Balaban J connectivity index is 0.00000261. The van der Waals surface area contributed by atoms with Crippen molar-refractivity contribution in [3.8, 4) is 0 Å². The zero-order chi connectivity index (χ0) is 18.4. The van der Waals surface area contributed by atoms with Crippen molar-refractivity contribution in [2.75, 3.05) is 39.8 Å². The molecule has 0 spiro atoms. The fourth-order valence-corrected chi connectivity index (χ4v) is 3.95. The lowest BCUT2D eigenvalue weighted by molar-refractivity contribution is 0.214. The number of aryl methyl sites for hydroxylation is 1. The van der Waals surface area contributed by atoms with E-state index in [-0.39, 0.29) is 24.0 Å². The Hall–Kier alpha value is -1.28. The highest BCUT2D eigenvalue weighted by Crippen LogP contribution is 2.22. The van der Waals surface area contributed by atoms with E-state index in [0.717, 1.165) is 38.6 Å². The minimum atomic E-state index is 0. The van der Waals surface area contributed by atoms with Crippen molar-refractivity contribution in [2.45, 2.75) is 33.1 Å². The summed E-state index contributed by atoms with van der Waals surface area (Å²) in [6.45, 7) is 9.38. The van der Waals surface area contributed by atoms with Gasteiger partial charge in [-0.05, 0) is 69.8 Å². The molecule has 0 saturated carbocycles. The van der Waals surface area contributed by atoms with Gasteiger partial charge in [0, 0.05) is 43.3 Å². The van der Waals surface area contributed by atoms with Gasteiger partial charge in [-0.2, -0.15) is 0 Å². The maximum absolute atomic E-state index is 4.83. The molecule has 0 aliphatic carbocycles. The molecule has 1 atom stereocenters. The first kappa shape index (κ1) is 22.0. The van der Waals surface area contributed by atoms with Crippen LogP contribution in [0.3, 0.4) is 0 Å². The zero-order valence-corrected chi connectivity index (χ0v) is 19.2. The summed E-state index contributed by atoms with van der Waals surface area (Å²) in [5, 5.41) is 8.25. The van der Waals surface area contributed by atoms with E-state index in [1.165, 1.54) is 41.4 Å². The molecule has 1 fully saturated rings. The van der Waals surface area contributed by atoms with Gasteiger partial charge in [0.05, 0.1) is 0 Å². The van der Waals surface area contributed by atoms with E-state index in [2.05, 4.69) is 65.8 Å². The molecule has 1 aromatic carbocycles. The van der Waals surface area contributed by atoms with Crippen molar-refractivity contribution in [1.29, 1.82) is 0 Å². The number of halogens is 1. The molecule has 1 aliphatic rings. The molecule has 0 bridgehead atoms. The number of hydrogen-bond acceptors (Lipinski definition) is 2. The third kappa shape index (κ3) is 6.10. The lowest BCUT2D eigenvalue weighted by atomic mass is 9.99. The Morgan fingerprint density at radius 2 is 2.19 bits per heavy atom. The van der Waals surface area contributed by atoms with Gasteiger partial charge in [-0.15, -0.1) is 24.0 Å². The van der Waals surface area contributed by atoms with Gasteiger partial charge in [0.15, 0.2) is 5.96 Å². The second-order valence-electron chi connectivity index (χ2n) is 7.48. The van der Waals surface area contributed by atoms with Crippen molar-refractivity contribution < 1.29 is 0 Å². The molecule has 27 heavy (non-hydrogen) atoms. The molecule has 6 heteroatoms. The van der Waals surface area contributed by atoms with Gasteiger partial charge < -0.3 is 20.5 Å². The third-order valence-electron chi connectivity index (χ3n) is 5.26. The highest BCUT2D eigenvalue weighted by atomic mass is 127. The number of nitrogens with one attached hydrogen (secondary N) is 3. The Kier molecular flexibility index (Phi) is 8.89. The fraction of sp³-hybridized carbons (Fsp3) is 0.571. The lowest BCUT2D eigenvalue weighted by Gasteiger charge is -2.28. The van der Waals surface area contributed by atoms with Crippen LogP contribution in [0.5, 0.6) is 0 Å². The number of benzene rings is 1. The Bertz CT molecular complexity index is 739. The summed E-state index contributed by atoms with van der Waals surface area (Å²) in [5.74, 6) is 1.62. The average Bonchev–Trinajstić information content (AvgIpc) is 3.04. The number of rotatable bonds is 6. The summed E-state index contributed by atoms with van der Waals surface area (Å²) in [7, 11) is 2.21. The SMILES string of the molecule is CCNC(=NCC1CCCN(C)C1)NCCc1c[nH]c2cccc(C)c12.I. The number of aromatic nitrogens is 1. The maximum Gasteiger partial charge on any atom is 0.191 e. The highest BCUT2D eigenvalue weighted by Gasteiger charge is 2.16. The van der Waals surface area contributed by atoms with E-state index >= 15 is 0 Å². The largest absolute Gasteiger partial charge is 0.361 e. The summed E-state index contributed by atoms with van der Waals surface area (Å²) >= 11 is 0. The van der Waals surface area contributed by atoms with Crippen LogP contribution in [0.1, 0.15) is 30.9 Å². The number of aliphatic imine (C=N–C) groups is 1. The van der Waals surface area contributed by atoms with Crippen molar-refractivity contribution in [3.63, 3.8) is 0 Å². The van der Waals surface area contributed by atoms with Crippen molar-refractivity contribution in [2.24, 2.45) is 10.9 Å².